The smallest absolute Gasteiger partial charge is 0.147 e. The molecular weight excluding hydrogens is 342 g/mol. The van der Waals surface area contributed by atoms with Crippen molar-refractivity contribution in [1.29, 1.82) is 5.26 Å². The molecule has 0 aliphatic carbocycles. The average Bonchev–Trinajstić information content (AvgIpc) is 3.06. The predicted octanol–water partition coefficient (Wildman–Crippen LogP) is 1.87. The van der Waals surface area contributed by atoms with Crippen molar-refractivity contribution in [2.24, 2.45) is 15.9 Å². The molecular formula is C19H25N7O. The Morgan fingerprint density at radius 3 is 2.81 bits per heavy atom. The Morgan fingerprint density at radius 1 is 1.44 bits per heavy atom. The molecule has 0 unspecified atom stereocenters. The Hall–Kier alpha value is -2.92. The molecule has 3 rings (SSSR count). The minimum absolute atomic E-state index is 0.0479. The Bertz CT molecular complexity index is 914. The SMILES string of the molecule is CC(=NC1CCNCC1)/C(=N\N)c1cc(OC(C)C)c2c(C#N)cnn2c1. The van der Waals surface area contributed by atoms with Gasteiger partial charge in [0.05, 0.1) is 24.1 Å². The second-order valence-electron chi connectivity index (χ2n) is 6.90. The number of hydrogen-bond acceptors (Lipinski definition) is 7. The van der Waals surface area contributed by atoms with E-state index in [-0.39, 0.29) is 12.1 Å². The van der Waals surface area contributed by atoms with Gasteiger partial charge in [0.15, 0.2) is 0 Å². The summed E-state index contributed by atoms with van der Waals surface area (Å²) in [5.41, 5.74) is 3.23. The summed E-state index contributed by atoms with van der Waals surface area (Å²) in [6, 6.07) is 4.28. The first-order chi connectivity index (χ1) is 13.0. The van der Waals surface area contributed by atoms with Crippen LogP contribution in [-0.2, 0) is 0 Å². The molecule has 0 saturated carbocycles. The highest BCUT2D eigenvalue weighted by molar-refractivity contribution is 6.47. The number of ether oxygens (including phenoxy) is 1. The van der Waals surface area contributed by atoms with E-state index in [1.54, 1.807) is 10.7 Å². The molecule has 1 fully saturated rings. The van der Waals surface area contributed by atoms with Crippen molar-refractivity contribution < 1.29 is 4.74 Å². The number of rotatable bonds is 5. The van der Waals surface area contributed by atoms with Gasteiger partial charge < -0.3 is 15.9 Å². The fourth-order valence-electron chi connectivity index (χ4n) is 3.29. The zero-order valence-corrected chi connectivity index (χ0v) is 15.9. The van der Waals surface area contributed by atoms with Gasteiger partial charge in [0.2, 0.25) is 0 Å². The van der Waals surface area contributed by atoms with Crippen molar-refractivity contribution in [3.8, 4) is 11.8 Å². The topological polar surface area (TPSA) is 113 Å². The van der Waals surface area contributed by atoms with Gasteiger partial charge in [0.1, 0.15) is 28.6 Å². The first-order valence-corrected chi connectivity index (χ1v) is 9.15. The Morgan fingerprint density at radius 2 is 2.19 bits per heavy atom. The maximum absolute atomic E-state index is 9.35. The number of fused-ring (bicyclic) bond motifs is 1. The van der Waals surface area contributed by atoms with Crippen molar-refractivity contribution >= 4 is 16.9 Å². The number of piperidine rings is 1. The highest BCUT2D eigenvalue weighted by Crippen LogP contribution is 2.26. The summed E-state index contributed by atoms with van der Waals surface area (Å²) < 4.78 is 7.57. The van der Waals surface area contributed by atoms with Gasteiger partial charge in [-0.1, -0.05) is 0 Å². The van der Waals surface area contributed by atoms with Gasteiger partial charge in [0, 0.05) is 11.8 Å². The normalized spacial score (nSPS) is 16.7. The van der Waals surface area contributed by atoms with E-state index in [9.17, 15) is 5.26 Å². The van der Waals surface area contributed by atoms with Crippen molar-refractivity contribution in [1.82, 2.24) is 14.9 Å². The van der Waals surface area contributed by atoms with E-state index < -0.39 is 0 Å². The molecule has 1 saturated heterocycles. The summed E-state index contributed by atoms with van der Waals surface area (Å²) >= 11 is 0. The molecule has 3 N–H and O–H groups in total. The van der Waals surface area contributed by atoms with Crippen LogP contribution in [0.1, 0.15) is 44.7 Å². The average molecular weight is 367 g/mol. The van der Waals surface area contributed by atoms with E-state index in [1.165, 1.54) is 6.20 Å². The van der Waals surface area contributed by atoms with Gasteiger partial charge >= 0.3 is 0 Å². The number of nitrogens with one attached hydrogen (secondary N) is 1. The number of aliphatic imine (C=N–C) groups is 1. The quantitative estimate of drug-likeness (QED) is 0.476. The van der Waals surface area contributed by atoms with Crippen LogP contribution in [-0.4, -0.2) is 46.3 Å². The molecule has 0 atom stereocenters. The van der Waals surface area contributed by atoms with Crippen LogP contribution < -0.4 is 15.9 Å². The highest BCUT2D eigenvalue weighted by atomic mass is 16.5. The van der Waals surface area contributed by atoms with Crippen LogP contribution in [0.5, 0.6) is 5.75 Å². The van der Waals surface area contributed by atoms with Gasteiger partial charge in [-0.25, -0.2) is 4.52 Å². The number of pyridine rings is 1. The Kier molecular flexibility index (Phi) is 5.72. The summed E-state index contributed by atoms with van der Waals surface area (Å²) in [5.74, 6) is 6.29. The van der Waals surface area contributed by atoms with E-state index in [0.717, 1.165) is 37.2 Å². The van der Waals surface area contributed by atoms with Gasteiger partial charge in [-0.05, 0) is 52.8 Å². The number of aromatic nitrogens is 2. The lowest BCUT2D eigenvalue weighted by Crippen LogP contribution is -2.31. The van der Waals surface area contributed by atoms with E-state index in [1.807, 2.05) is 26.8 Å². The van der Waals surface area contributed by atoms with E-state index >= 15 is 0 Å². The maximum atomic E-state index is 9.35. The number of nitriles is 1. The lowest BCUT2D eigenvalue weighted by atomic mass is 10.0. The Labute approximate surface area is 158 Å². The largest absolute Gasteiger partial charge is 0.489 e. The number of hydrogen-bond donors (Lipinski definition) is 2. The summed E-state index contributed by atoms with van der Waals surface area (Å²) in [5, 5.41) is 21.0. The number of nitrogens with two attached hydrogens (primary N) is 1. The molecule has 0 amide bonds. The molecule has 0 bridgehead atoms. The van der Waals surface area contributed by atoms with Crippen LogP contribution >= 0.6 is 0 Å². The molecule has 27 heavy (non-hydrogen) atoms. The third-order valence-electron chi connectivity index (χ3n) is 4.49. The van der Waals surface area contributed by atoms with E-state index in [2.05, 4.69) is 21.6 Å². The van der Waals surface area contributed by atoms with Crippen LogP contribution in [0.15, 0.2) is 28.6 Å². The lowest BCUT2D eigenvalue weighted by molar-refractivity contribution is 0.244. The van der Waals surface area contributed by atoms with Gasteiger partial charge in [0.25, 0.3) is 0 Å². The second-order valence-corrected chi connectivity index (χ2v) is 6.90. The third kappa shape index (κ3) is 4.09. The van der Waals surface area contributed by atoms with Crippen LogP contribution in [0.25, 0.3) is 5.52 Å². The fourth-order valence-corrected chi connectivity index (χ4v) is 3.29. The molecule has 1 aliphatic rings. The van der Waals surface area contributed by atoms with Crippen LogP contribution in [0.2, 0.25) is 0 Å². The molecule has 142 valence electrons. The van der Waals surface area contributed by atoms with Crippen molar-refractivity contribution in [2.75, 3.05) is 13.1 Å². The fraction of sp³-hybridized carbons (Fsp3) is 0.474. The predicted molar refractivity (Wildman–Crippen MR) is 105 cm³/mol. The minimum atomic E-state index is -0.0479. The first kappa shape index (κ1) is 18.9. The molecule has 2 aromatic heterocycles. The van der Waals surface area contributed by atoms with Crippen LogP contribution in [0.4, 0.5) is 0 Å². The summed E-state index contributed by atoms with van der Waals surface area (Å²) in [7, 11) is 0. The number of nitrogens with zero attached hydrogens (tertiary/aromatic N) is 5. The van der Waals surface area contributed by atoms with Crippen LogP contribution in [0.3, 0.4) is 0 Å². The number of hydrazone groups is 1. The molecule has 2 aromatic rings. The molecule has 3 heterocycles. The molecule has 8 heteroatoms. The second kappa shape index (κ2) is 8.18. The van der Waals surface area contributed by atoms with Crippen molar-refractivity contribution in [3.05, 3.63) is 29.6 Å². The van der Waals surface area contributed by atoms with Gasteiger partial charge in [-0.2, -0.15) is 15.5 Å². The highest BCUT2D eigenvalue weighted by Gasteiger charge is 2.18. The lowest BCUT2D eigenvalue weighted by Gasteiger charge is -2.20. The van der Waals surface area contributed by atoms with Crippen molar-refractivity contribution in [2.45, 2.75) is 45.8 Å². The summed E-state index contributed by atoms with van der Waals surface area (Å²) in [6.07, 6.45) is 5.28. The molecule has 0 spiro atoms. The van der Waals surface area contributed by atoms with Gasteiger partial charge in [-0.3, -0.25) is 4.99 Å². The summed E-state index contributed by atoms with van der Waals surface area (Å²) in [6.45, 7) is 7.74. The maximum Gasteiger partial charge on any atom is 0.147 e. The minimum Gasteiger partial charge on any atom is -0.489 e. The van der Waals surface area contributed by atoms with Crippen molar-refractivity contribution in [3.63, 3.8) is 0 Å². The van der Waals surface area contributed by atoms with Crippen LogP contribution in [0, 0.1) is 11.3 Å². The van der Waals surface area contributed by atoms with Gasteiger partial charge in [-0.15, -0.1) is 0 Å². The molecule has 1 aliphatic heterocycles. The van der Waals surface area contributed by atoms with E-state index in [4.69, 9.17) is 15.6 Å². The molecule has 0 radical (unpaired) electrons. The standard InChI is InChI=1S/C19H25N7O/c1-12(2)27-17-8-14(11-26-19(17)15(9-20)10-23-26)18(25-21)13(3)24-16-4-6-22-7-5-16/h8,10-12,16,22H,4-7,21H2,1-3H3/b24-13?,25-18+. The zero-order valence-electron chi connectivity index (χ0n) is 15.9. The molecule has 0 aromatic carbocycles. The molecule has 8 nitrogen and oxygen atoms in total. The third-order valence-corrected chi connectivity index (χ3v) is 4.49. The van der Waals surface area contributed by atoms with E-state index in [0.29, 0.717) is 22.5 Å². The first-order valence-electron chi connectivity index (χ1n) is 9.15. The Balaban J connectivity index is 2.03. The monoisotopic (exact) mass is 367 g/mol. The zero-order chi connectivity index (χ0) is 19.4. The summed E-state index contributed by atoms with van der Waals surface area (Å²) in [4.78, 5) is 4.82.